The second kappa shape index (κ2) is 10.8. The fourth-order valence-electron chi connectivity index (χ4n) is 4.08. The number of hydrogen-bond donors (Lipinski definition) is 0. The van der Waals surface area contributed by atoms with Gasteiger partial charge in [-0.3, -0.25) is 4.79 Å². The van der Waals surface area contributed by atoms with Gasteiger partial charge in [-0.2, -0.15) is 9.30 Å². The first kappa shape index (κ1) is 24.6. The maximum Gasteiger partial charge on any atom is 0.252 e. The van der Waals surface area contributed by atoms with Gasteiger partial charge in [0, 0.05) is 26.7 Å². The van der Waals surface area contributed by atoms with Gasteiger partial charge in [0.2, 0.25) is 10.0 Å². The van der Waals surface area contributed by atoms with E-state index in [4.69, 9.17) is 9.47 Å². The Morgan fingerprint density at radius 2 is 2.00 bits per heavy atom. The minimum Gasteiger partial charge on any atom is -0.494 e. The third-order valence-corrected chi connectivity index (χ3v) is 8.72. The van der Waals surface area contributed by atoms with Crippen molar-refractivity contribution in [2.24, 2.45) is 10.9 Å². The smallest absolute Gasteiger partial charge is 0.252 e. The van der Waals surface area contributed by atoms with Crippen molar-refractivity contribution in [3.8, 4) is 5.75 Å². The van der Waals surface area contributed by atoms with E-state index in [1.807, 2.05) is 29.7 Å². The van der Waals surface area contributed by atoms with Crippen molar-refractivity contribution in [3.05, 3.63) is 53.3 Å². The minimum atomic E-state index is -3.65. The van der Waals surface area contributed by atoms with Gasteiger partial charge in [-0.05, 0) is 50.1 Å². The zero-order chi connectivity index (χ0) is 24.1. The van der Waals surface area contributed by atoms with Gasteiger partial charge in [-0.25, -0.2) is 8.42 Å². The summed E-state index contributed by atoms with van der Waals surface area (Å²) in [4.78, 5) is 18.5. The lowest BCUT2D eigenvalue weighted by molar-refractivity contribution is -0.122. The zero-order valence-electron chi connectivity index (χ0n) is 19.3. The summed E-state index contributed by atoms with van der Waals surface area (Å²) in [6.07, 6.45) is 1.23. The van der Waals surface area contributed by atoms with Crippen molar-refractivity contribution < 1.29 is 22.7 Å². The van der Waals surface area contributed by atoms with E-state index in [0.717, 1.165) is 16.0 Å². The number of thiazole rings is 1. The molecule has 2 heterocycles. The summed E-state index contributed by atoms with van der Waals surface area (Å²) in [5.41, 5.74) is 0.953. The Hall–Kier alpha value is -2.53. The predicted molar refractivity (Wildman–Crippen MR) is 131 cm³/mol. The normalized spacial score (nSPS) is 17.8. The lowest BCUT2D eigenvalue weighted by Gasteiger charge is -2.30. The van der Waals surface area contributed by atoms with E-state index in [0.29, 0.717) is 43.9 Å². The molecule has 10 heteroatoms. The highest BCUT2D eigenvalue weighted by Crippen LogP contribution is 2.26. The molecule has 0 aliphatic carbocycles. The third-order valence-electron chi connectivity index (χ3n) is 5.80. The van der Waals surface area contributed by atoms with Gasteiger partial charge in [0.15, 0.2) is 4.80 Å². The summed E-state index contributed by atoms with van der Waals surface area (Å²) in [6, 6.07) is 14.2. The Labute approximate surface area is 203 Å². The summed E-state index contributed by atoms with van der Waals surface area (Å²) in [6.45, 7) is 4.07. The highest BCUT2D eigenvalue weighted by molar-refractivity contribution is 7.89. The molecule has 0 saturated carbocycles. The first-order chi connectivity index (χ1) is 16.4. The summed E-state index contributed by atoms with van der Waals surface area (Å²) < 4.78 is 41.3. The van der Waals surface area contributed by atoms with Crippen LogP contribution in [0.25, 0.3) is 10.2 Å². The van der Waals surface area contributed by atoms with Crippen LogP contribution in [0.4, 0.5) is 0 Å². The van der Waals surface area contributed by atoms with Gasteiger partial charge < -0.3 is 14.0 Å². The van der Waals surface area contributed by atoms with E-state index in [9.17, 15) is 13.2 Å². The topological polar surface area (TPSA) is 90.2 Å². The molecule has 8 nitrogen and oxygen atoms in total. The van der Waals surface area contributed by atoms with E-state index in [-0.39, 0.29) is 17.3 Å². The molecule has 1 atom stereocenters. The molecule has 1 aliphatic rings. The minimum absolute atomic E-state index is 0.136. The first-order valence-corrected chi connectivity index (χ1v) is 13.6. The largest absolute Gasteiger partial charge is 0.494 e. The number of methoxy groups -OCH3 is 1. The van der Waals surface area contributed by atoms with Crippen LogP contribution in [0.2, 0.25) is 0 Å². The molecule has 1 fully saturated rings. The van der Waals surface area contributed by atoms with Crippen molar-refractivity contribution in [1.29, 1.82) is 0 Å². The van der Waals surface area contributed by atoms with Crippen LogP contribution in [0.5, 0.6) is 5.75 Å². The zero-order valence-corrected chi connectivity index (χ0v) is 21.0. The predicted octanol–water partition coefficient (Wildman–Crippen LogP) is 3.28. The molecule has 0 N–H and O–H groups in total. The van der Waals surface area contributed by atoms with E-state index in [2.05, 4.69) is 4.99 Å². The Balaban J connectivity index is 1.63. The lowest BCUT2D eigenvalue weighted by atomic mass is 9.99. The monoisotopic (exact) mass is 503 g/mol. The molecule has 1 aromatic heterocycles. The fourth-order valence-corrected chi connectivity index (χ4v) is 6.72. The van der Waals surface area contributed by atoms with E-state index < -0.39 is 15.9 Å². The Morgan fingerprint density at radius 3 is 2.74 bits per heavy atom. The number of sulfonamides is 1. The number of carbonyl (C=O) groups excluding carboxylic acids is 1. The average Bonchev–Trinajstić information content (AvgIpc) is 3.19. The fraction of sp³-hybridized carbons (Fsp3) is 0.417. The molecule has 2 aromatic carbocycles. The molecule has 1 aliphatic heterocycles. The highest BCUT2D eigenvalue weighted by Gasteiger charge is 2.33. The molecule has 34 heavy (non-hydrogen) atoms. The molecular weight excluding hydrogens is 474 g/mol. The van der Waals surface area contributed by atoms with Gasteiger partial charge >= 0.3 is 0 Å². The number of benzene rings is 2. The Bertz CT molecular complexity index is 1320. The molecular formula is C24H29N3O5S2. The molecule has 4 rings (SSSR count). The maximum absolute atomic E-state index is 13.2. The lowest BCUT2D eigenvalue weighted by Crippen LogP contribution is -2.42. The molecule has 1 unspecified atom stereocenters. The van der Waals surface area contributed by atoms with Gasteiger partial charge in [-0.15, -0.1) is 0 Å². The van der Waals surface area contributed by atoms with E-state index in [1.54, 1.807) is 37.4 Å². The van der Waals surface area contributed by atoms with Crippen LogP contribution in [0.15, 0.2) is 58.4 Å². The van der Waals surface area contributed by atoms with Crippen LogP contribution in [0.3, 0.4) is 0 Å². The van der Waals surface area contributed by atoms with Gasteiger partial charge in [-0.1, -0.05) is 29.5 Å². The van der Waals surface area contributed by atoms with Crippen molar-refractivity contribution in [3.63, 3.8) is 0 Å². The SMILES string of the molecule is CCOc1ccc2c(c1)sc(=NC(=O)C1CCCN(S(=O)(=O)c3ccccc3)C1)n2CCOC. The quantitative estimate of drug-likeness (QED) is 0.471. The average molecular weight is 504 g/mol. The standard InChI is InChI=1S/C24H29N3O5S2/c1-3-32-19-11-12-21-22(16-19)33-24(27(21)14-15-31-2)25-23(28)18-8-7-13-26(17-18)34(29,30)20-9-5-4-6-10-20/h4-6,9-12,16,18H,3,7-8,13-15,17H2,1-2H3. The van der Waals surface area contributed by atoms with Crippen LogP contribution in [0, 0.1) is 5.92 Å². The van der Waals surface area contributed by atoms with E-state index in [1.165, 1.54) is 15.6 Å². The summed E-state index contributed by atoms with van der Waals surface area (Å²) in [5, 5.41) is 0. The molecule has 3 aromatic rings. The van der Waals surface area contributed by atoms with Gasteiger partial charge in [0.1, 0.15) is 5.75 Å². The molecule has 0 radical (unpaired) electrons. The van der Waals surface area contributed by atoms with Crippen LogP contribution in [-0.2, 0) is 26.1 Å². The maximum atomic E-state index is 13.2. The summed E-state index contributed by atoms with van der Waals surface area (Å²) in [7, 11) is -2.01. The number of ether oxygens (including phenoxy) is 2. The van der Waals surface area contributed by atoms with Crippen molar-refractivity contribution in [2.75, 3.05) is 33.4 Å². The Morgan fingerprint density at radius 1 is 1.21 bits per heavy atom. The Kier molecular flexibility index (Phi) is 7.82. The molecule has 1 amide bonds. The number of nitrogens with zero attached hydrogens (tertiary/aromatic N) is 3. The number of rotatable bonds is 8. The third kappa shape index (κ3) is 5.25. The van der Waals surface area contributed by atoms with Crippen molar-refractivity contribution >= 4 is 37.5 Å². The van der Waals surface area contributed by atoms with Crippen LogP contribution < -0.4 is 9.54 Å². The van der Waals surface area contributed by atoms with Crippen molar-refractivity contribution in [1.82, 2.24) is 8.87 Å². The van der Waals surface area contributed by atoms with Crippen LogP contribution in [-0.4, -0.2) is 56.6 Å². The molecule has 0 bridgehead atoms. The number of amides is 1. The second-order valence-electron chi connectivity index (χ2n) is 8.06. The van der Waals surface area contributed by atoms with Crippen LogP contribution >= 0.6 is 11.3 Å². The highest BCUT2D eigenvalue weighted by atomic mass is 32.2. The first-order valence-electron chi connectivity index (χ1n) is 11.3. The molecule has 1 saturated heterocycles. The number of hydrogen-bond acceptors (Lipinski definition) is 6. The number of carbonyl (C=O) groups is 1. The molecule has 0 spiro atoms. The second-order valence-corrected chi connectivity index (χ2v) is 11.0. The van der Waals surface area contributed by atoms with Gasteiger partial charge in [0.25, 0.3) is 5.91 Å². The van der Waals surface area contributed by atoms with Crippen LogP contribution in [0.1, 0.15) is 19.8 Å². The van der Waals surface area contributed by atoms with Gasteiger partial charge in [0.05, 0.1) is 34.2 Å². The number of piperidine rings is 1. The van der Waals surface area contributed by atoms with E-state index >= 15 is 0 Å². The number of aromatic nitrogens is 1. The summed E-state index contributed by atoms with van der Waals surface area (Å²) in [5.74, 6) is -0.00918. The molecule has 182 valence electrons. The number of fused-ring (bicyclic) bond motifs is 1. The van der Waals surface area contributed by atoms with Crippen molar-refractivity contribution in [2.45, 2.75) is 31.2 Å². The summed E-state index contributed by atoms with van der Waals surface area (Å²) >= 11 is 1.42.